The lowest BCUT2D eigenvalue weighted by Crippen LogP contribution is -2.19. The summed E-state index contributed by atoms with van der Waals surface area (Å²) >= 11 is 0. The molecule has 0 radical (unpaired) electrons. The maximum absolute atomic E-state index is 11.0. The smallest absolute Gasteiger partial charge is 0.330 e. The molecule has 2 heteroatoms. The molecule has 0 aromatic carbocycles. The largest absolute Gasteiger partial charge is 0.459 e. The molecule has 1 rings (SSSR count). The van der Waals surface area contributed by atoms with Crippen molar-refractivity contribution in [2.75, 3.05) is 0 Å². The summed E-state index contributed by atoms with van der Waals surface area (Å²) in [4.78, 5) is 11.0. The third-order valence-corrected chi connectivity index (χ3v) is 3.57. The van der Waals surface area contributed by atoms with Crippen molar-refractivity contribution in [1.82, 2.24) is 0 Å². The first-order chi connectivity index (χ1) is 8.83. The molecule has 2 nitrogen and oxygen atoms in total. The average molecular weight is 252 g/mol. The highest BCUT2D eigenvalue weighted by Gasteiger charge is 2.14. The maximum Gasteiger partial charge on any atom is 0.330 e. The molecular formula is C16H28O2. The van der Waals surface area contributed by atoms with Crippen LogP contribution in [0, 0.1) is 0 Å². The fraction of sp³-hybridized carbons (Fsp3) is 0.812. The highest BCUT2D eigenvalue weighted by atomic mass is 16.5. The van der Waals surface area contributed by atoms with E-state index in [-0.39, 0.29) is 12.1 Å². The zero-order valence-corrected chi connectivity index (χ0v) is 11.8. The van der Waals surface area contributed by atoms with E-state index in [0.717, 1.165) is 12.8 Å². The van der Waals surface area contributed by atoms with E-state index in [1.807, 2.05) is 6.08 Å². The van der Waals surface area contributed by atoms with Gasteiger partial charge < -0.3 is 4.74 Å². The van der Waals surface area contributed by atoms with Crippen LogP contribution in [0.5, 0.6) is 0 Å². The van der Waals surface area contributed by atoms with Crippen LogP contribution in [0.25, 0.3) is 0 Å². The predicted molar refractivity (Wildman–Crippen MR) is 75.5 cm³/mol. The summed E-state index contributed by atoms with van der Waals surface area (Å²) in [6, 6.07) is 0. The van der Waals surface area contributed by atoms with Crippen molar-refractivity contribution in [3.63, 3.8) is 0 Å². The van der Waals surface area contributed by atoms with Crippen molar-refractivity contribution < 1.29 is 9.53 Å². The van der Waals surface area contributed by atoms with Gasteiger partial charge in [0.1, 0.15) is 6.10 Å². The van der Waals surface area contributed by atoms with Gasteiger partial charge in [-0.25, -0.2) is 4.79 Å². The molecule has 0 aromatic heterocycles. The first-order valence-electron chi connectivity index (χ1n) is 7.70. The van der Waals surface area contributed by atoms with E-state index in [2.05, 4.69) is 6.92 Å². The molecule has 1 atom stereocenters. The van der Waals surface area contributed by atoms with Gasteiger partial charge in [-0.05, 0) is 12.8 Å². The van der Waals surface area contributed by atoms with Gasteiger partial charge in [0, 0.05) is 12.5 Å². The Morgan fingerprint density at radius 2 is 1.67 bits per heavy atom. The van der Waals surface area contributed by atoms with Crippen LogP contribution >= 0.6 is 0 Å². The van der Waals surface area contributed by atoms with Crippen molar-refractivity contribution in [3.05, 3.63) is 12.2 Å². The molecule has 1 aliphatic rings. The van der Waals surface area contributed by atoms with Crippen LogP contribution in [0.4, 0.5) is 0 Å². The summed E-state index contributed by atoms with van der Waals surface area (Å²) in [6.07, 6.45) is 17.7. The van der Waals surface area contributed by atoms with E-state index in [1.165, 1.54) is 63.9 Å². The van der Waals surface area contributed by atoms with E-state index >= 15 is 0 Å². The molecule has 0 aliphatic carbocycles. The molecule has 0 fully saturated rings. The molecule has 1 heterocycles. The number of hydrogen-bond acceptors (Lipinski definition) is 2. The minimum absolute atomic E-state index is 0.145. The van der Waals surface area contributed by atoms with Crippen molar-refractivity contribution in [2.24, 2.45) is 0 Å². The van der Waals surface area contributed by atoms with Crippen LogP contribution in [0.15, 0.2) is 12.2 Å². The number of cyclic esters (lactones) is 1. The van der Waals surface area contributed by atoms with Gasteiger partial charge in [-0.2, -0.15) is 0 Å². The van der Waals surface area contributed by atoms with Gasteiger partial charge in [0.2, 0.25) is 0 Å². The molecule has 0 unspecified atom stereocenters. The first-order valence-corrected chi connectivity index (χ1v) is 7.70. The standard InChI is InChI=1S/C16H28O2/c1-2-3-4-5-6-7-8-9-10-12-15-13-11-14-16(17)18-15/h11,14-15H,2-10,12-13H2,1H3/t15-/m1/s1. The first kappa shape index (κ1) is 15.3. The Bertz CT molecular complexity index is 245. The highest BCUT2D eigenvalue weighted by molar-refractivity contribution is 5.82. The molecule has 1 aliphatic heterocycles. The Hall–Kier alpha value is -0.790. The van der Waals surface area contributed by atoms with Gasteiger partial charge in [-0.1, -0.05) is 64.4 Å². The van der Waals surface area contributed by atoms with E-state index in [4.69, 9.17) is 4.74 Å². The van der Waals surface area contributed by atoms with Crippen LogP contribution < -0.4 is 0 Å². The lowest BCUT2D eigenvalue weighted by Gasteiger charge is -2.18. The minimum atomic E-state index is -0.165. The Balaban J connectivity index is 1.84. The molecule has 0 amide bonds. The van der Waals surface area contributed by atoms with Crippen LogP contribution in [0.3, 0.4) is 0 Å². The van der Waals surface area contributed by atoms with Crippen molar-refractivity contribution in [3.8, 4) is 0 Å². The number of esters is 1. The lowest BCUT2D eigenvalue weighted by atomic mass is 10.0. The van der Waals surface area contributed by atoms with E-state index in [9.17, 15) is 4.79 Å². The molecule has 0 N–H and O–H groups in total. The van der Waals surface area contributed by atoms with Crippen molar-refractivity contribution in [2.45, 2.75) is 83.7 Å². The van der Waals surface area contributed by atoms with E-state index < -0.39 is 0 Å². The van der Waals surface area contributed by atoms with Crippen LogP contribution in [-0.2, 0) is 9.53 Å². The number of carbonyl (C=O) groups is 1. The molecular weight excluding hydrogens is 224 g/mol. The third kappa shape index (κ3) is 7.52. The number of carbonyl (C=O) groups excluding carboxylic acids is 1. The Morgan fingerprint density at radius 3 is 2.28 bits per heavy atom. The SMILES string of the molecule is CCCCCCCCCCC[C@@H]1CC=CC(=O)O1. The third-order valence-electron chi connectivity index (χ3n) is 3.57. The Kier molecular flexibility index (Phi) is 8.62. The predicted octanol–water partition coefficient (Wildman–Crippen LogP) is 4.78. The second-order valence-electron chi connectivity index (χ2n) is 5.31. The number of unbranched alkanes of at least 4 members (excludes halogenated alkanes) is 8. The van der Waals surface area contributed by atoms with Gasteiger partial charge in [0.15, 0.2) is 0 Å². The summed E-state index contributed by atoms with van der Waals surface area (Å²) in [5, 5.41) is 0. The monoisotopic (exact) mass is 252 g/mol. The second-order valence-corrected chi connectivity index (χ2v) is 5.31. The zero-order valence-electron chi connectivity index (χ0n) is 11.8. The lowest BCUT2D eigenvalue weighted by molar-refractivity contribution is -0.144. The minimum Gasteiger partial charge on any atom is -0.459 e. The fourth-order valence-corrected chi connectivity index (χ4v) is 2.43. The van der Waals surface area contributed by atoms with Crippen molar-refractivity contribution >= 4 is 5.97 Å². The van der Waals surface area contributed by atoms with Gasteiger partial charge in [-0.3, -0.25) is 0 Å². The van der Waals surface area contributed by atoms with Crippen molar-refractivity contribution in [1.29, 1.82) is 0 Å². The van der Waals surface area contributed by atoms with Crippen LogP contribution in [0.2, 0.25) is 0 Å². The second kappa shape index (κ2) is 10.2. The molecule has 0 spiro atoms. The normalized spacial score (nSPS) is 18.9. The van der Waals surface area contributed by atoms with Gasteiger partial charge >= 0.3 is 5.97 Å². The van der Waals surface area contributed by atoms with E-state index in [1.54, 1.807) is 0 Å². The van der Waals surface area contributed by atoms with Crippen LogP contribution in [0.1, 0.15) is 77.6 Å². The van der Waals surface area contributed by atoms with Gasteiger partial charge in [-0.15, -0.1) is 0 Å². The number of hydrogen-bond donors (Lipinski definition) is 0. The summed E-state index contributed by atoms with van der Waals surface area (Å²) in [5.41, 5.74) is 0. The average Bonchev–Trinajstić information content (AvgIpc) is 2.37. The number of ether oxygens (including phenoxy) is 1. The molecule has 0 saturated carbocycles. The van der Waals surface area contributed by atoms with Gasteiger partial charge in [0.25, 0.3) is 0 Å². The Morgan fingerprint density at radius 1 is 1.06 bits per heavy atom. The molecule has 18 heavy (non-hydrogen) atoms. The summed E-state index contributed by atoms with van der Waals surface area (Å²) in [7, 11) is 0. The fourth-order valence-electron chi connectivity index (χ4n) is 2.43. The Labute approximate surface area is 112 Å². The molecule has 0 aromatic rings. The topological polar surface area (TPSA) is 26.3 Å². The maximum atomic E-state index is 11.0. The zero-order chi connectivity index (χ0) is 13.1. The highest BCUT2D eigenvalue weighted by Crippen LogP contribution is 2.16. The van der Waals surface area contributed by atoms with Crippen LogP contribution in [-0.4, -0.2) is 12.1 Å². The summed E-state index contributed by atoms with van der Waals surface area (Å²) in [5.74, 6) is -0.165. The van der Waals surface area contributed by atoms with Gasteiger partial charge in [0.05, 0.1) is 0 Å². The molecule has 0 saturated heterocycles. The molecule has 104 valence electrons. The van der Waals surface area contributed by atoms with E-state index in [0.29, 0.717) is 0 Å². The summed E-state index contributed by atoms with van der Waals surface area (Å²) < 4.78 is 5.23. The quantitative estimate of drug-likeness (QED) is 0.413. The summed E-state index contributed by atoms with van der Waals surface area (Å²) in [6.45, 7) is 2.26. The molecule has 0 bridgehead atoms. The number of rotatable bonds is 10.